The number of aryl methyl sites for hydroxylation is 3. The van der Waals surface area contributed by atoms with Gasteiger partial charge in [-0.2, -0.15) is 0 Å². The molecule has 1 heteroatoms. The molecular formula is C14H20O. The van der Waals surface area contributed by atoms with Gasteiger partial charge in [-0.3, -0.25) is 0 Å². The molecule has 0 saturated heterocycles. The van der Waals surface area contributed by atoms with Gasteiger partial charge in [0.15, 0.2) is 0 Å². The molecule has 0 aromatic heterocycles. The highest BCUT2D eigenvalue weighted by Gasteiger charge is 2.20. The molecular weight excluding hydrogens is 184 g/mol. The van der Waals surface area contributed by atoms with Gasteiger partial charge in [-0.1, -0.05) is 19.1 Å². The fraction of sp³-hybridized carbons (Fsp3) is 0.571. The smallest absolute Gasteiger partial charge is 0.0795 e. The van der Waals surface area contributed by atoms with Crippen LogP contribution in [0.25, 0.3) is 0 Å². The summed E-state index contributed by atoms with van der Waals surface area (Å²) in [5.74, 6) is 0.632. The molecule has 0 fully saturated rings. The van der Waals surface area contributed by atoms with Crippen molar-refractivity contribution in [3.05, 3.63) is 34.4 Å². The second kappa shape index (κ2) is 3.97. The molecule has 2 atom stereocenters. The maximum Gasteiger partial charge on any atom is 0.0795 e. The number of aliphatic hydroxyl groups excluding tert-OH is 1. The Morgan fingerprint density at radius 2 is 1.87 bits per heavy atom. The largest absolute Gasteiger partial charge is 0.388 e. The van der Waals surface area contributed by atoms with Gasteiger partial charge in [0.2, 0.25) is 0 Å². The Morgan fingerprint density at radius 1 is 1.20 bits per heavy atom. The van der Waals surface area contributed by atoms with E-state index in [0.717, 1.165) is 12.8 Å². The third-order valence-electron chi connectivity index (χ3n) is 3.65. The first-order chi connectivity index (χ1) is 7.08. The van der Waals surface area contributed by atoms with E-state index in [1.54, 1.807) is 0 Å². The maximum atomic E-state index is 10.1. The van der Waals surface area contributed by atoms with E-state index in [-0.39, 0.29) is 6.10 Å². The summed E-state index contributed by atoms with van der Waals surface area (Å²) in [4.78, 5) is 0. The molecule has 0 radical (unpaired) electrons. The summed E-state index contributed by atoms with van der Waals surface area (Å²) in [5.41, 5.74) is 5.16. The molecule has 0 amide bonds. The van der Waals surface area contributed by atoms with E-state index in [0.29, 0.717) is 5.92 Å². The highest BCUT2D eigenvalue weighted by atomic mass is 16.3. The molecule has 0 saturated carbocycles. The number of aliphatic hydroxyl groups is 1. The van der Waals surface area contributed by atoms with Gasteiger partial charge < -0.3 is 5.11 Å². The highest BCUT2D eigenvalue weighted by Crippen LogP contribution is 2.33. The fourth-order valence-electron chi connectivity index (χ4n) is 2.45. The first-order valence-electron chi connectivity index (χ1n) is 5.86. The predicted octanol–water partition coefficient (Wildman–Crippen LogP) is 3.31. The third-order valence-corrected chi connectivity index (χ3v) is 3.65. The van der Waals surface area contributed by atoms with E-state index in [1.165, 1.54) is 28.7 Å². The lowest BCUT2D eigenvalue weighted by atomic mass is 9.95. The van der Waals surface area contributed by atoms with Crippen LogP contribution in [0.1, 0.15) is 48.1 Å². The molecule has 1 aromatic rings. The van der Waals surface area contributed by atoms with E-state index in [1.807, 2.05) is 0 Å². The Balaban J connectivity index is 2.45. The fourth-order valence-corrected chi connectivity index (χ4v) is 2.45. The van der Waals surface area contributed by atoms with E-state index in [4.69, 9.17) is 0 Å². The molecule has 1 N–H and O–H groups in total. The quantitative estimate of drug-likeness (QED) is 0.643. The summed E-state index contributed by atoms with van der Waals surface area (Å²) < 4.78 is 0. The van der Waals surface area contributed by atoms with Crippen LogP contribution in [0, 0.1) is 19.8 Å². The van der Waals surface area contributed by atoms with Crippen LogP contribution in [0.5, 0.6) is 0 Å². The molecule has 2 unspecified atom stereocenters. The molecule has 2 rings (SSSR count). The van der Waals surface area contributed by atoms with Crippen molar-refractivity contribution in [3.63, 3.8) is 0 Å². The second-order valence-corrected chi connectivity index (χ2v) is 5.03. The van der Waals surface area contributed by atoms with Crippen molar-refractivity contribution < 1.29 is 5.11 Å². The number of hydrogen-bond donors (Lipinski definition) is 1. The van der Waals surface area contributed by atoms with E-state index in [2.05, 4.69) is 32.9 Å². The van der Waals surface area contributed by atoms with Crippen LogP contribution >= 0.6 is 0 Å². The van der Waals surface area contributed by atoms with Crippen molar-refractivity contribution in [2.45, 2.75) is 46.1 Å². The number of rotatable bonds is 0. The Kier molecular flexibility index (Phi) is 2.83. The minimum Gasteiger partial charge on any atom is -0.388 e. The van der Waals surface area contributed by atoms with Crippen LogP contribution < -0.4 is 0 Å². The van der Waals surface area contributed by atoms with Crippen molar-refractivity contribution in [1.82, 2.24) is 0 Å². The Bertz CT molecular complexity index is 368. The van der Waals surface area contributed by atoms with Gasteiger partial charge in [0.25, 0.3) is 0 Å². The Morgan fingerprint density at radius 3 is 2.60 bits per heavy atom. The van der Waals surface area contributed by atoms with Crippen molar-refractivity contribution in [2.24, 2.45) is 5.92 Å². The van der Waals surface area contributed by atoms with Gasteiger partial charge in [-0.25, -0.2) is 0 Å². The van der Waals surface area contributed by atoms with Gasteiger partial charge in [0.05, 0.1) is 6.10 Å². The second-order valence-electron chi connectivity index (χ2n) is 5.03. The van der Waals surface area contributed by atoms with E-state index < -0.39 is 0 Å². The van der Waals surface area contributed by atoms with E-state index in [9.17, 15) is 5.11 Å². The number of benzene rings is 1. The molecule has 1 aliphatic carbocycles. The van der Waals surface area contributed by atoms with Crippen molar-refractivity contribution in [3.8, 4) is 0 Å². The first kappa shape index (κ1) is 10.7. The lowest BCUT2D eigenvalue weighted by Gasteiger charge is -2.15. The minimum atomic E-state index is -0.253. The van der Waals surface area contributed by atoms with Gasteiger partial charge in [0.1, 0.15) is 0 Å². The van der Waals surface area contributed by atoms with Gasteiger partial charge >= 0.3 is 0 Å². The van der Waals surface area contributed by atoms with Crippen molar-refractivity contribution in [2.75, 3.05) is 0 Å². The van der Waals surface area contributed by atoms with Crippen LogP contribution in [0.2, 0.25) is 0 Å². The standard InChI is InChI=1S/C14H20O/c1-9-4-5-12-7-10(2)11(3)8-13(12)14(15)6-9/h7-9,14-15H,4-6H2,1-3H3. The maximum absolute atomic E-state index is 10.1. The Hall–Kier alpha value is -0.820. The monoisotopic (exact) mass is 204 g/mol. The van der Waals surface area contributed by atoms with Crippen LogP contribution in [-0.2, 0) is 6.42 Å². The molecule has 0 heterocycles. The summed E-state index contributed by atoms with van der Waals surface area (Å²) in [5, 5.41) is 10.1. The van der Waals surface area contributed by atoms with E-state index >= 15 is 0 Å². The normalized spacial score (nSPS) is 25.9. The summed E-state index contributed by atoms with van der Waals surface area (Å²) in [6.07, 6.45) is 2.98. The first-order valence-corrected chi connectivity index (χ1v) is 5.86. The highest BCUT2D eigenvalue weighted by molar-refractivity contribution is 5.39. The van der Waals surface area contributed by atoms with Crippen LogP contribution in [0.4, 0.5) is 0 Å². The Labute approximate surface area is 92.1 Å². The summed E-state index contributed by atoms with van der Waals surface area (Å²) >= 11 is 0. The molecule has 1 aromatic carbocycles. The van der Waals surface area contributed by atoms with Crippen LogP contribution in [0.3, 0.4) is 0 Å². The average Bonchev–Trinajstić information content (AvgIpc) is 2.30. The minimum absolute atomic E-state index is 0.253. The summed E-state index contributed by atoms with van der Waals surface area (Å²) in [6.45, 7) is 6.50. The summed E-state index contributed by atoms with van der Waals surface area (Å²) in [7, 11) is 0. The van der Waals surface area contributed by atoms with Gasteiger partial charge in [-0.05, 0) is 61.3 Å². The lowest BCUT2D eigenvalue weighted by Crippen LogP contribution is -2.02. The topological polar surface area (TPSA) is 20.2 Å². The number of hydrogen-bond acceptors (Lipinski definition) is 1. The molecule has 0 bridgehead atoms. The molecule has 1 aliphatic rings. The zero-order valence-electron chi connectivity index (χ0n) is 9.88. The van der Waals surface area contributed by atoms with Gasteiger partial charge in [0, 0.05) is 0 Å². The zero-order chi connectivity index (χ0) is 11.0. The van der Waals surface area contributed by atoms with Crippen molar-refractivity contribution in [1.29, 1.82) is 0 Å². The van der Waals surface area contributed by atoms with Gasteiger partial charge in [-0.15, -0.1) is 0 Å². The third kappa shape index (κ3) is 2.07. The summed E-state index contributed by atoms with van der Waals surface area (Å²) in [6, 6.07) is 4.43. The lowest BCUT2D eigenvalue weighted by molar-refractivity contribution is 0.150. The molecule has 82 valence electrons. The predicted molar refractivity (Wildman–Crippen MR) is 63.0 cm³/mol. The molecule has 0 spiro atoms. The average molecular weight is 204 g/mol. The molecule has 0 aliphatic heterocycles. The number of fused-ring (bicyclic) bond motifs is 1. The van der Waals surface area contributed by atoms with Crippen molar-refractivity contribution >= 4 is 0 Å². The zero-order valence-corrected chi connectivity index (χ0v) is 9.88. The van der Waals surface area contributed by atoms with Crippen LogP contribution in [-0.4, -0.2) is 5.11 Å². The SMILES string of the molecule is Cc1cc2c(cc1C)C(O)CC(C)CC2. The van der Waals surface area contributed by atoms with Crippen LogP contribution in [0.15, 0.2) is 12.1 Å². The molecule has 15 heavy (non-hydrogen) atoms. The molecule has 1 nitrogen and oxygen atoms in total.